The minimum atomic E-state index is -0.154. The molecule has 0 radical (unpaired) electrons. The van der Waals surface area contributed by atoms with E-state index in [2.05, 4.69) is 15.3 Å². The summed E-state index contributed by atoms with van der Waals surface area (Å²) >= 11 is 9.32. The Bertz CT molecular complexity index is 1190. The molecule has 0 spiro atoms. The van der Waals surface area contributed by atoms with Gasteiger partial charge in [0.05, 0.1) is 36.1 Å². The number of rotatable bonds is 8. The number of amides is 1. The number of nitrogens with zero attached hydrogens (tertiary/aromatic N) is 1. The van der Waals surface area contributed by atoms with Crippen molar-refractivity contribution < 1.29 is 14.3 Å². The second kappa shape index (κ2) is 9.50. The lowest BCUT2D eigenvalue weighted by atomic mass is 10.2. The number of aromatic amines is 1. The smallest absolute Gasteiger partial charge is 0.259 e. The van der Waals surface area contributed by atoms with Gasteiger partial charge in [-0.1, -0.05) is 11.6 Å². The largest absolute Gasteiger partial charge is 0.495 e. The number of carbonyl (C=O) groups excluding carboxylic acids is 1. The number of ether oxygens (including phenoxy) is 2. The molecule has 3 aromatic rings. The van der Waals surface area contributed by atoms with Crippen LogP contribution in [0.15, 0.2) is 16.9 Å². The molecule has 0 atom stereocenters. The van der Waals surface area contributed by atoms with Crippen molar-refractivity contribution in [2.24, 2.45) is 0 Å². The molecule has 2 aromatic heterocycles. The summed E-state index contributed by atoms with van der Waals surface area (Å²) in [6, 6.07) is 3.23. The molecule has 1 aromatic carbocycles. The second-order valence-electron chi connectivity index (χ2n) is 7.09. The molecular formula is C21H22ClN3O4S2. The number of methoxy groups -OCH3 is 2. The van der Waals surface area contributed by atoms with Gasteiger partial charge in [0.2, 0.25) is 5.91 Å². The van der Waals surface area contributed by atoms with Gasteiger partial charge < -0.3 is 19.8 Å². The van der Waals surface area contributed by atoms with Crippen molar-refractivity contribution in [3.63, 3.8) is 0 Å². The lowest BCUT2D eigenvalue weighted by Crippen LogP contribution is -2.14. The number of aromatic nitrogens is 2. The summed E-state index contributed by atoms with van der Waals surface area (Å²) in [5.74, 6) is 2.56. The molecule has 31 heavy (non-hydrogen) atoms. The van der Waals surface area contributed by atoms with Crippen LogP contribution in [0.5, 0.6) is 11.5 Å². The van der Waals surface area contributed by atoms with E-state index in [1.54, 1.807) is 35.2 Å². The van der Waals surface area contributed by atoms with Crippen molar-refractivity contribution in [1.82, 2.24) is 9.97 Å². The number of halogens is 1. The van der Waals surface area contributed by atoms with Crippen LogP contribution >= 0.6 is 34.7 Å². The number of thiophene rings is 1. The molecule has 1 amide bonds. The van der Waals surface area contributed by atoms with E-state index >= 15 is 0 Å². The van der Waals surface area contributed by atoms with E-state index in [0.29, 0.717) is 46.0 Å². The summed E-state index contributed by atoms with van der Waals surface area (Å²) in [5, 5.41) is 3.97. The van der Waals surface area contributed by atoms with Gasteiger partial charge in [-0.25, -0.2) is 4.98 Å². The van der Waals surface area contributed by atoms with Crippen molar-refractivity contribution in [2.45, 2.75) is 31.4 Å². The van der Waals surface area contributed by atoms with Crippen LogP contribution in [0.4, 0.5) is 5.69 Å². The molecular weight excluding hydrogens is 458 g/mol. The predicted octanol–water partition coefficient (Wildman–Crippen LogP) is 4.41. The fourth-order valence-corrected chi connectivity index (χ4v) is 5.95. The number of thioether (sulfide) groups is 1. The highest BCUT2D eigenvalue weighted by Crippen LogP contribution is 2.36. The van der Waals surface area contributed by atoms with Gasteiger partial charge in [-0.3, -0.25) is 9.59 Å². The summed E-state index contributed by atoms with van der Waals surface area (Å²) in [6.07, 6.45) is 3.43. The number of fused-ring (bicyclic) bond motifs is 3. The number of nitrogens with one attached hydrogen (secondary N) is 2. The first-order chi connectivity index (χ1) is 15.0. The van der Waals surface area contributed by atoms with Gasteiger partial charge in [-0.05, 0) is 30.9 Å². The van der Waals surface area contributed by atoms with Crippen LogP contribution in [0, 0.1) is 0 Å². The molecule has 2 N–H and O–H groups in total. The Labute approximate surface area is 192 Å². The van der Waals surface area contributed by atoms with E-state index in [-0.39, 0.29) is 11.5 Å². The summed E-state index contributed by atoms with van der Waals surface area (Å²) in [5.41, 5.74) is 1.62. The van der Waals surface area contributed by atoms with Gasteiger partial charge in [-0.2, -0.15) is 11.8 Å². The number of aryl methyl sites for hydroxylation is 2. The number of carbonyl (C=O) groups is 1. The van der Waals surface area contributed by atoms with Crippen molar-refractivity contribution in [1.29, 1.82) is 0 Å². The molecule has 0 aliphatic heterocycles. The zero-order valence-corrected chi connectivity index (χ0v) is 19.6. The maximum Gasteiger partial charge on any atom is 0.259 e. The molecule has 164 valence electrons. The van der Waals surface area contributed by atoms with Gasteiger partial charge in [0.25, 0.3) is 5.56 Å². The van der Waals surface area contributed by atoms with Gasteiger partial charge in [0.15, 0.2) is 0 Å². The maximum absolute atomic E-state index is 12.5. The normalized spacial score (nSPS) is 12.7. The molecule has 0 saturated heterocycles. The highest BCUT2D eigenvalue weighted by Gasteiger charge is 2.21. The molecule has 0 saturated carbocycles. The summed E-state index contributed by atoms with van der Waals surface area (Å²) < 4.78 is 10.5. The molecule has 1 aliphatic rings. The van der Waals surface area contributed by atoms with Crippen LogP contribution in [-0.2, 0) is 23.4 Å². The first kappa shape index (κ1) is 22.0. The number of H-pyrrole nitrogens is 1. The number of anilines is 1. The number of hydrogen-bond acceptors (Lipinski definition) is 7. The van der Waals surface area contributed by atoms with Crippen LogP contribution in [0.2, 0.25) is 5.02 Å². The highest BCUT2D eigenvalue weighted by molar-refractivity contribution is 7.98. The zero-order valence-electron chi connectivity index (χ0n) is 17.2. The van der Waals surface area contributed by atoms with E-state index in [9.17, 15) is 9.59 Å². The SMILES string of the molecule is COc1cc(OC)c(NC(=O)CCSCc2nc3sc4c(c3c(=O)[nH]2)CCC4)cc1Cl. The topological polar surface area (TPSA) is 93.3 Å². The Morgan fingerprint density at radius 1 is 1.29 bits per heavy atom. The van der Waals surface area contributed by atoms with E-state index < -0.39 is 0 Å². The molecule has 4 rings (SSSR count). The number of benzene rings is 1. The predicted molar refractivity (Wildman–Crippen MR) is 126 cm³/mol. The quantitative estimate of drug-likeness (QED) is 0.465. The molecule has 10 heteroatoms. The summed E-state index contributed by atoms with van der Waals surface area (Å²) in [7, 11) is 3.03. The Morgan fingerprint density at radius 2 is 2.10 bits per heavy atom. The Morgan fingerprint density at radius 3 is 2.87 bits per heavy atom. The van der Waals surface area contributed by atoms with E-state index in [1.807, 2.05) is 0 Å². The van der Waals surface area contributed by atoms with Gasteiger partial charge in [0.1, 0.15) is 22.2 Å². The molecule has 0 bridgehead atoms. The first-order valence-corrected chi connectivity index (χ1v) is 12.2. The van der Waals surface area contributed by atoms with Crippen LogP contribution in [0.25, 0.3) is 10.2 Å². The highest BCUT2D eigenvalue weighted by atomic mass is 35.5. The van der Waals surface area contributed by atoms with E-state index in [0.717, 1.165) is 29.5 Å². The Balaban J connectivity index is 1.33. The fourth-order valence-electron chi connectivity index (χ4n) is 3.62. The third kappa shape index (κ3) is 4.68. The second-order valence-corrected chi connectivity index (χ2v) is 9.68. The average Bonchev–Trinajstić information content (AvgIpc) is 3.32. The number of hydrogen-bond donors (Lipinski definition) is 2. The molecule has 1 aliphatic carbocycles. The maximum atomic E-state index is 12.5. The Kier molecular flexibility index (Phi) is 6.74. The van der Waals surface area contributed by atoms with E-state index in [4.69, 9.17) is 21.1 Å². The standard InChI is InChI=1S/C21H22ClN3O4S2/c1-28-14-9-15(29-2)13(8-12(14)22)23-18(26)6-7-30-10-17-24-20(27)19-11-4-3-5-16(11)31-21(19)25-17/h8-9H,3-7,10H2,1-2H3,(H,23,26)(H,24,25,27). The average molecular weight is 480 g/mol. The summed E-state index contributed by atoms with van der Waals surface area (Å²) in [4.78, 5) is 34.5. The van der Waals surface area contributed by atoms with Crippen molar-refractivity contribution in [3.05, 3.63) is 43.8 Å². The lowest BCUT2D eigenvalue weighted by Gasteiger charge is -2.13. The van der Waals surface area contributed by atoms with Crippen LogP contribution in [-0.4, -0.2) is 35.8 Å². The molecule has 0 fully saturated rings. The zero-order chi connectivity index (χ0) is 22.0. The first-order valence-electron chi connectivity index (χ1n) is 9.82. The minimum absolute atomic E-state index is 0.0544. The van der Waals surface area contributed by atoms with Crippen LogP contribution < -0.4 is 20.3 Å². The molecule has 7 nitrogen and oxygen atoms in total. The molecule has 0 unspecified atom stereocenters. The third-order valence-electron chi connectivity index (χ3n) is 5.08. The third-order valence-corrected chi connectivity index (χ3v) is 7.54. The lowest BCUT2D eigenvalue weighted by molar-refractivity contribution is -0.115. The van der Waals surface area contributed by atoms with Gasteiger partial charge in [0, 0.05) is 23.1 Å². The Hall–Kier alpha value is -2.23. The fraction of sp³-hybridized carbons (Fsp3) is 0.381. The minimum Gasteiger partial charge on any atom is -0.495 e. The summed E-state index contributed by atoms with van der Waals surface area (Å²) in [6.45, 7) is 0. The van der Waals surface area contributed by atoms with E-state index in [1.165, 1.54) is 24.7 Å². The van der Waals surface area contributed by atoms with Crippen molar-refractivity contribution in [2.75, 3.05) is 25.3 Å². The monoisotopic (exact) mass is 479 g/mol. The van der Waals surface area contributed by atoms with Crippen molar-refractivity contribution >= 4 is 56.5 Å². The van der Waals surface area contributed by atoms with Crippen molar-refractivity contribution in [3.8, 4) is 11.5 Å². The van der Waals surface area contributed by atoms with Gasteiger partial charge >= 0.3 is 0 Å². The van der Waals surface area contributed by atoms with Crippen LogP contribution in [0.3, 0.4) is 0 Å². The molecule has 2 heterocycles. The van der Waals surface area contributed by atoms with Crippen LogP contribution in [0.1, 0.15) is 29.1 Å². The van der Waals surface area contributed by atoms with Gasteiger partial charge in [-0.15, -0.1) is 11.3 Å².